The third-order valence-electron chi connectivity index (χ3n) is 3.61. The van der Waals surface area contributed by atoms with Crippen molar-refractivity contribution in [3.63, 3.8) is 0 Å². The van der Waals surface area contributed by atoms with Gasteiger partial charge in [-0.15, -0.1) is 0 Å². The highest BCUT2D eigenvalue weighted by Crippen LogP contribution is 2.24. The summed E-state index contributed by atoms with van der Waals surface area (Å²) in [4.78, 5) is 14.3. The number of rotatable bonds is 1. The van der Waals surface area contributed by atoms with Crippen LogP contribution in [0, 0.1) is 0 Å². The highest BCUT2D eigenvalue weighted by molar-refractivity contribution is 5.94. The van der Waals surface area contributed by atoms with Crippen LogP contribution in [0.5, 0.6) is 0 Å². The SMILES string of the molecule is Nc1cccc2c1CCN(C(=O)c1ccccc1)C2. The summed E-state index contributed by atoms with van der Waals surface area (Å²) in [5, 5.41) is 0. The van der Waals surface area contributed by atoms with Gasteiger partial charge in [0.2, 0.25) is 0 Å². The zero-order valence-electron chi connectivity index (χ0n) is 10.7. The first-order valence-corrected chi connectivity index (χ1v) is 6.46. The molecule has 0 aliphatic carbocycles. The average molecular weight is 252 g/mol. The number of nitrogen functional groups attached to an aromatic ring is 1. The Labute approximate surface area is 112 Å². The van der Waals surface area contributed by atoms with Gasteiger partial charge in [0.1, 0.15) is 0 Å². The minimum atomic E-state index is 0.0914. The summed E-state index contributed by atoms with van der Waals surface area (Å²) in [6, 6.07) is 15.3. The van der Waals surface area contributed by atoms with Gasteiger partial charge in [-0.2, -0.15) is 0 Å². The van der Waals surface area contributed by atoms with E-state index in [0.29, 0.717) is 6.54 Å². The molecule has 0 unspecified atom stereocenters. The molecule has 3 nitrogen and oxygen atoms in total. The third-order valence-corrected chi connectivity index (χ3v) is 3.61. The van der Waals surface area contributed by atoms with Crippen molar-refractivity contribution in [2.45, 2.75) is 13.0 Å². The minimum Gasteiger partial charge on any atom is -0.398 e. The van der Waals surface area contributed by atoms with Crippen LogP contribution in [0.1, 0.15) is 21.5 Å². The number of amides is 1. The van der Waals surface area contributed by atoms with E-state index in [2.05, 4.69) is 6.07 Å². The number of nitrogens with zero attached hydrogens (tertiary/aromatic N) is 1. The second-order valence-corrected chi connectivity index (χ2v) is 4.83. The Morgan fingerprint density at radius 1 is 1.05 bits per heavy atom. The number of carbonyl (C=O) groups excluding carboxylic acids is 1. The fraction of sp³-hybridized carbons (Fsp3) is 0.188. The zero-order valence-corrected chi connectivity index (χ0v) is 10.7. The van der Waals surface area contributed by atoms with Crippen molar-refractivity contribution in [1.29, 1.82) is 0 Å². The van der Waals surface area contributed by atoms with Gasteiger partial charge in [-0.05, 0) is 35.7 Å². The van der Waals surface area contributed by atoms with E-state index in [1.165, 1.54) is 5.56 Å². The predicted octanol–water partition coefficient (Wildman–Crippen LogP) is 2.47. The molecule has 1 heterocycles. The van der Waals surface area contributed by atoms with Gasteiger partial charge < -0.3 is 10.6 Å². The summed E-state index contributed by atoms with van der Waals surface area (Å²) in [7, 11) is 0. The van der Waals surface area contributed by atoms with Gasteiger partial charge in [-0.3, -0.25) is 4.79 Å². The number of fused-ring (bicyclic) bond motifs is 1. The molecular weight excluding hydrogens is 236 g/mol. The maximum atomic E-state index is 12.4. The van der Waals surface area contributed by atoms with Crippen molar-refractivity contribution in [2.24, 2.45) is 0 Å². The molecule has 96 valence electrons. The molecule has 0 saturated carbocycles. The van der Waals surface area contributed by atoms with Crippen LogP contribution in [0.25, 0.3) is 0 Å². The molecule has 1 amide bonds. The van der Waals surface area contributed by atoms with E-state index < -0.39 is 0 Å². The number of anilines is 1. The van der Waals surface area contributed by atoms with Crippen molar-refractivity contribution in [2.75, 3.05) is 12.3 Å². The molecule has 0 aromatic heterocycles. The highest BCUT2D eigenvalue weighted by Gasteiger charge is 2.22. The van der Waals surface area contributed by atoms with E-state index >= 15 is 0 Å². The second-order valence-electron chi connectivity index (χ2n) is 4.83. The molecule has 2 aromatic rings. The summed E-state index contributed by atoms with van der Waals surface area (Å²) in [5.41, 5.74) is 9.91. The Morgan fingerprint density at radius 3 is 2.63 bits per heavy atom. The lowest BCUT2D eigenvalue weighted by atomic mass is 9.97. The van der Waals surface area contributed by atoms with Crippen LogP contribution in [0.15, 0.2) is 48.5 Å². The molecule has 0 atom stereocenters. The molecular formula is C16H16N2O. The normalized spacial score (nSPS) is 14.0. The summed E-state index contributed by atoms with van der Waals surface area (Å²) in [6.07, 6.45) is 0.834. The minimum absolute atomic E-state index is 0.0914. The van der Waals surface area contributed by atoms with Gasteiger partial charge in [0.05, 0.1) is 0 Å². The topological polar surface area (TPSA) is 46.3 Å². The highest BCUT2D eigenvalue weighted by atomic mass is 16.2. The van der Waals surface area contributed by atoms with Crippen LogP contribution in [-0.4, -0.2) is 17.4 Å². The van der Waals surface area contributed by atoms with E-state index in [9.17, 15) is 4.79 Å². The maximum Gasteiger partial charge on any atom is 0.254 e. The van der Waals surface area contributed by atoms with Crippen LogP contribution < -0.4 is 5.73 Å². The predicted molar refractivity (Wildman–Crippen MR) is 75.7 cm³/mol. The van der Waals surface area contributed by atoms with E-state index in [1.54, 1.807) is 0 Å². The molecule has 3 heteroatoms. The standard InChI is InChI=1S/C16H16N2O/c17-15-8-4-7-13-11-18(10-9-14(13)15)16(19)12-5-2-1-3-6-12/h1-8H,9-11,17H2. The molecule has 0 fully saturated rings. The fourth-order valence-electron chi connectivity index (χ4n) is 2.58. The Kier molecular flexibility index (Phi) is 2.95. The Balaban J connectivity index is 1.85. The van der Waals surface area contributed by atoms with Crippen LogP contribution in [0.3, 0.4) is 0 Å². The van der Waals surface area contributed by atoms with E-state index in [1.807, 2.05) is 47.4 Å². The summed E-state index contributed by atoms with van der Waals surface area (Å²) >= 11 is 0. The Hall–Kier alpha value is -2.29. The second kappa shape index (κ2) is 4.76. The smallest absolute Gasteiger partial charge is 0.254 e. The maximum absolute atomic E-state index is 12.4. The molecule has 1 aliphatic rings. The van der Waals surface area contributed by atoms with Gasteiger partial charge >= 0.3 is 0 Å². The molecule has 0 saturated heterocycles. The number of carbonyl (C=O) groups is 1. The van der Waals surface area contributed by atoms with Crippen LogP contribution in [0.2, 0.25) is 0 Å². The molecule has 0 radical (unpaired) electrons. The van der Waals surface area contributed by atoms with Crippen LogP contribution in [0.4, 0.5) is 5.69 Å². The van der Waals surface area contributed by atoms with Crippen molar-refractivity contribution in [3.8, 4) is 0 Å². The number of benzene rings is 2. The van der Waals surface area contributed by atoms with E-state index in [0.717, 1.165) is 29.8 Å². The van der Waals surface area contributed by atoms with E-state index in [4.69, 9.17) is 5.73 Å². The molecule has 1 aliphatic heterocycles. The van der Waals surface area contributed by atoms with Gasteiger partial charge in [0, 0.05) is 24.3 Å². The number of hydrogen-bond donors (Lipinski definition) is 1. The van der Waals surface area contributed by atoms with Gasteiger partial charge in [0.15, 0.2) is 0 Å². The molecule has 2 N–H and O–H groups in total. The Morgan fingerprint density at radius 2 is 1.84 bits per heavy atom. The number of hydrogen-bond acceptors (Lipinski definition) is 2. The summed E-state index contributed by atoms with van der Waals surface area (Å²) < 4.78 is 0. The lowest BCUT2D eigenvalue weighted by Crippen LogP contribution is -2.36. The largest absolute Gasteiger partial charge is 0.398 e. The molecule has 19 heavy (non-hydrogen) atoms. The van der Waals surface area contributed by atoms with Crippen molar-refractivity contribution in [1.82, 2.24) is 4.90 Å². The van der Waals surface area contributed by atoms with Crippen molar-refractivity contribution >= 4 is 11.6 Å². The van der Waals surface area contributed by atoms with Crippen molar-refractivity contribution in [3.05, 3.63) is 65.2 Å². The van der Waals surface area contributed by atoms with Gasteiger partial charge in [-0.25, -0.2) is 0 Å². The molecule has 0 spiro atoms. The van der Waals surface area contributed by atoms with Gasteiger partial charge in [-0.1, -0.05) is 30.3 Å². The number of nitrogens with two attached hydrogens (primary N) is 1. The molecule has 0 bridgehead atoms. The average Bonchev–Trinajstić information content (AvgIpc) is 2.47. The molecule has 3 rings (SSSR count). The molecule has 2 aromatic carbocycles. The quantitative estimate of drug-likeness (QED) is 0.792. The monoisotopic (exact) mass is 252 g/mol. The first-order valence-electron chi connectivity index (χ1n) is 6.46. The van der Waals surface area contributed by atoms with Crippen LogP contribution in [-0.2, 0) is 13.0 Å². The fourth-order valence-corrected chi connectivity index (χ4v) is 2.58. The Bertz CT molecular complexity index is 607. The van der Waals surface area contributed by atoms with Crippen molar-refractivity contribution < 1.29 is 4.79 Å². The summed E-state index contributed by atoms with van der Waals surface area (Å²) in [6.45, 7) is 1.38. The van der Waals surface area contributed by atoms with E-state index in [-0.39, 0.29) is 5.91 Å². The third kappa shape index (κ3) is 2.19. The first-order chi connectivity index (χ1) is 9.25. The first kappa shape index (κ1) is 11.8. The zero-order chi connectivity index (χ0) is 13.2. The van der Waals surface area contributed by atoms with Crippen LogP contribution >= 0.6 is 0 Å². The van der Waals surface area contributed by atoms with Gasteiger partial charge in [0.25, 0.3) is 5.91 Å². The summed E-state index contributed by atoms with van der Waals surface area (Å²) in [5.74, 6) is 0.0914. The lowest BCUT2D eigenvalue weighted by Gasteiger charge is -2.29. The lowest BCUT2D eigenvalue weighted by molar-refractivity contribution is 0.0735.